The van der Waals surface area contributed by atoms with Gasteiger partial charge in [0, 0.05) is 11.8 Å². The number of amides is 2. The maximum absolute atomic E-state index is 12.1. The van der Waals surface area contributed by atoms with E-state index in [2.05, 4.69) is 15.6 Å². The van der Waals surface area contributed by atoms with Crippen LogP contribution < -0.4 is 10.6 Å². The van der Waals surface area contributed by atoms with Gasteiger partial charge in [-0.15, -0.1) is 11.3 Å². The van der Waals surface area contributed by atoms with E-state index in [0.29, 0.717) is 12.8 Å². The summed E-state index contributed by atoms with van der Waals surface area (Å²) in [7, 11) is 0. The van der Waals surface area contributed by atoms with Crippen LogP contribution in [0, 0.1) is 5.92 Å². The fourth-order valence-corrected chi connectivity index (χ4v) is 3.26. The predicted octanol–water partition coefficient (Wildman–Crippen LogP) is 2.08. The molecule has 0 saturated heterocycles. The molecule has 2 rings (SSSR count). The zero-order valence-electron chi connectivity index (χ0n) is 15.3. The number of nitrogens with zero attached hydrogens (tertiary/aromatic N) is 1. The Morgan fingerprint density at radius 3 is 2.52 bits per heavy atom. The molecule has 144 valence electrons. The van der Waals surface area contributed by atoms with Gasteiger partial charge in [0.1, 0.15) is 11.7 Å². The van der Waals surface area contributed by atoms with Crippen molar-refractivity contribution in [2.75, 3.05) is 6.54 Å². The summed E-state index contributed by atoms with van der Waals surface area (Å²) in [5, 5.41) is 16.5. The Hall–Kier alpha value is -2.74. The second-order valence-electron chi connectivity index (χ2n) is 6.56. The second kappa shape index (κ2) is 9.82. The number of thiazole rings is 1. The van der Waals surface area contributed by atoms with E-state index in [0.717, 1.165) is 10.6 Å². The van der Waals surface area contributed by atoms with Crippen LogP contribution >= 0.6 is 11.3 Å². The number of carboxylic acid groups (broad SMARTS) is 1. The summed E-state index contributed by atoms with van der Waals surface area (Å²) in [5.41, 5.74) is 1.35. The fourth-order valence-electron chi connectivity index (χ4n) is 2.46. The molecule has 0 aliphatic heterocycles. The van der Waals surface area contributed by atoms with Crippen molar-refractivity contribution in [2.45, 2.75) is 32.7 Å². The third-order valence-electron chi connectivity index (χ3n) is 3.73. The number of hydrogen-bond acceptors (Lipinski definition) is 5. The molecule has 3 N–H and O–H groups in total. The lowest BCUT2D eigenvalue weighted by Gasteiger charge is -2.16. The second-order valence-corrected chi connectivity index (χ2v) is 7.50. The minimum atomic E-state index is -1.09. The predicted molar refractivity (Wildman–Crippen MR) is 103 cm³/mol. The first kappa shape index (κ1) is 20.6. The molecule has 1 aromatic heterocycles. The summed E-state index contributed by atoms with van der Waals surface area (Å²) in [6, 6.07) is 8.83. The van der Waals surface area contributed by atoms with Crippen LogP contribution in [-0.2, 0) is 16.0 Å². The van der Waals surface area contributed by atoms with Crippen molar-refractivity contribution in [1.82, 2.24) is 15.6 Å². The first-order valence-corrected chi connectivity index (χ1v) is 9.51. The molecular formula is C19H23N3O4S. The van der Waals surface area contributed by atoms with Crippen molar-refractivity contribution in [3.8, 4) is 0 Å². The summed E-state index contributed by atoms with van der Waals surface area (Å²) in [6.45, 7) is 3.45. The summed E-state index contributed by atoms with van der Waals surface area (Å²) >= 11 is 1.38. The first-order valence-electron chi connectivity index (χ1n) is 8.64. The SMILES string of the molecule is CC(C)C[C@H](NC(=O)CNC(=O)c1csc(Cc2ccccc2)n1)C(=O)O. The normalized spacial score (nSPS) is 11.8. The minimum Gasteiger partial charge on any atom is -0.480 e. The van der Waals surface area contributed by atoms with Crippen LogP contribution in [-0.4, -0.2) is 40.5 Å². The van der Waals surface area contributed by atoms with E-state index >= 15 is 0 Å². The average Bonchev–Trinajstić information content (AvgIpc) is 3.08. The van der Waals surface area contributed by atoms with Crippen molar-refractivity contribution in [3.63, 3.8) is 0 Å². The Balaban J connectivity index is 1.84. The summed E-state index contributed by atoms with van der Waals surface area (Å²) in [5.74, 6) is -1.97. The van der Waals surface area contributed by atoms with E-state index in [4.69, 9.17) is 5.11 Å². The van der Waals surface area contributed by atoms with Gasteiger partial charge in [0.2, 0.25) is 5.91 Å². The molecule has 27 heavy (non-hydrogen) atoms. The van der Waals surface area contributed by atoms with E-state index < -0.39 is 23.8 Å². The molecule has 0 bridgehead atoms. The number of nitrogens with one attached hydrogen (secondary N) is 2. The highest BCUT2D eigenvalue weighted by molar-refractivity contribution is 7.09. The van der Waals surface area contributed by atoms with Crippen LogP contribution in [0.25, 0.3) is 0 Å². The van der Waals surface area contributed by atoms with Crippen molar-refractivity contribution in [2.24, 2.45) is 5.92 Å². The maximum atomic E-state index is 12.1. The summed E-state index contributed by atoms with van der Waals surface area (Å²) in [6.07, 6.45) is 0.957. The number of carboxylic acids is 1. The largest absolute Gasteiger partial charge is 0.480 e. The highest BCUT2D eigenvalue weighted by Crippen LogP contribution is 2.14. The van der Waals surface area contributed by atoms with Crippen LogP contribution in [0.1, 0.15) is 41.3 Å². The number of carbonyl (C=O) groups excluding carboxylic acids is 2. The molecular weight excluding hydrogens is 366 g/mol. The first-order chi connectivity index (χ1) is 12.8. The topological polar surface area (TPSA) is 108 Å². The van der Waals surface area contributed by atoms with E-state index in [1.165, 1.54) is 11.3 Å². The van der Waals surface area contributed by atoms with Gasteiger partial charge >= 0.3 is 5.97 Å². The quantitative estimate of drug-likeness (QED) is 0.608. The van der Waals surface area contributed by atoms with E-state index in [9.17, 15) is 14.4 Å². The molecule has 2 aromatic rings. The Labute approximate surface area is 161 Å². The average molecular weight is 389 g/mol. The molecule has 0 aliphatic rings. The van der Waals surface area contributed by atoms with Crippen LogP contribution in [0.4, 0.5) is 0 Å². The number of hydrogen-bond donors (Lipinski definition) is 3. The number of rotatable bonds is 9. The van der Waals surface area contributed by atoms with E-state index in [-0.39, 0.29) is 18.2 Å². The third kappa shape index (κ3) is 6.82. The summed E-state index contributed by atoms with van der Waals surface area (Å²) < 4.78 is 0. The van der Waals surface area contributed by atoms with Crippen LogP contribution in [0.15, 0.2) is 35.7 Å². The molecule has 1 aromatic carbocycles. The molecule has 1 heterocycles. The minimum absolute atomic E-state index is 0.124. The lowest BCUT2D eigenvalue weighted by Crippen LogP contribution is -2.46. The number of carbonyl (C=O) groups is 3. The molecule has 0 fully saturated rings. The van der Waals surface area contributed by atoms with Crippen LogP contribution in [0.5, 0.6) is 0 Å². The molecule has 0 spiro atoms. The number of benzene rings is 1. The Morgan fingerprint density at radius 1 is 1.19 bits per heavy atom. The molecule has 2 amide bonds. The number of aliphatic carboxylic acids is 1. The molecule has 0 aliphatic carbocycles. The molecule has 1 atom stereocenters. The Bertz CT molecular complexity index is 789. The maximum Gasteiger partial charge on any atom is 0.326 e. The lowest BCUT2D eigenvalue weighted by atomic mass is 10.0. The standard InChI is InChI=1S/C19H23N3O4S/c1-12(2)8-14(19(25)26)21-16(23)10-20-18(24)15-11-27-17(22-15)9-13-6-4-3-5-7-13/h3-7,11-12,14H,8-10H2,1-2H3,(H,20,24)(H,21,23)(H,25,26)/t14-/m0/s1. The molecule has 8 heteroatoms. The van der Waals surface area contributed by atoms with Crippen LogP contribution in [0.2, 0.25) is 0 Å². The highest BCUT2D eigenvalue weighted by atomic mass is 32.1. The Kier molecular flexibility index (Phi) is 7.48. The van der Waals surface area contributed by atoms with Gasteiger partial charge in [-0.3, -0.25) is 9.59 Å². The van der Waals surface area contributed by atoms with Gasteiger partial charge in [0.15, 0.2) is 0 Å². The fraction of sp³-hybridized carbons (Fsp3) is 0.368. The van der Waals surface area contributed by atoms with Crippen LogP contribution in [0.3, 0.4) is 0 Å². The van der Waals surface area contributed by atoms with Crippen molar-refractivity contribution < 1.29 is 19.5 Å². The summed E-state index contributed by atoms with van der Waals surface area (Å²) in [4.78, 5) is 39.5. The molecule has 0 saturated carbocycles. The van der Waals surface area contributed by atoms with Crippen molar-refractivity contribution in [3.05, 3.63) is 52.0 Å². The van der Waals surface area contributed by atoms with E-state index in [1.807, 2.05) is 44.2 Å². The van der Waals surface area contributed by atoms with Gasteiger partial charge in [-0.1, -0.05) is 44.2 Å². The van der Waals surface area contributed by atoms with E-state index in [1.54, 1.807) is 5.38 Å². The highest BCUT2D eigenvalue weighted by Gasteiger charge is 2.21. The van der Waals surface area contributed by atoms with Gasteiger partial charge < -0.3 is 15.7 Å². The smallest absolute Gasteiger partial charge is 0.326 e. The van der Waals surface area contributed by atoms with Gasteiger partial charge in [-0.2, -0.15) is 0 Å². The number of aromatic nitrogens is 1. The molecule has 0 radical (unpaired) electrons. The van der Waals surface area contributed by atoms with Crippen molar-refractivity contribution >= 4 is 29.1 Å². The molecule has 0 unspecified atom stereocenters. The van der Waals surface area contributed by atoms with Crippen molar-refractivity contribution in [1.29, 1.82) is 0 Å². The molecule has 7 nitrogen and oxygen atoms in total. The van der Waals surface area contributed by atoms with Gasteiger partial charge in [-0.25, -0.2) is 9.78 Å². The zero-order chi connectivity index (χ0) is 19.8. The monoisotopic (exact) mass is 389 g/mol. The third-order valence-corrected chi connectivity index (χ3v) is 4.58. The van der Waals surface area contributed by atoms with Gasteiger partial charge in [0.05, 0.1) is 11.6 Å². The van der Waals surface area contributed by atoms with Gasteiger partial charge in [0.25, 0.3) is 5.91 Å². The van der Waals surface area contributed by atoms with Gasteiger partial charge in [-0.05, 0) is 17.9 Å². The lowest BCUT2D eigenvalue weighted by molar-refractivity contribution is -0.142. The zero-order valence-corrected chi connectivity index (χ0v) is 16.1. The Morgan fingerprint density at radius 2 is 1.89 bits per heavy atom.